The second kappa shape index (κ2) is 13.5. The van der Waals surface area contributed by atoms with Crippen molar-refractivity contribution < 1.29 is 14.7 Å². The van der Waals surface area contributed by atoms with E-state index in [1.807, 2.05) is 24.3 Å². The fourth-order valence-electron chi connectivity index (χ4n) is 3.27. The molecule has 1 atom stereocenters. The number of nitrogens with one attached hydrogen (secondary N) is 2. The maximum Gasteiger partial charge on any atom is 0.315 e. The topological polar surface area (TPSA) is 81.7 Å². The van der Waals surface area contributed by atoms with Crippen LogP contribution >= 0.6 is 34.8 Å². The summed E-state index contributed by atoms with van der Waals surface area (Å²) >= 11 is 18.0. The Balaban J connectivity index is 1.80. The third-order valence-corrected chi connectivity index (χ3v) is 5.94. The van der Waals surface area contributed by atoms with Crippen LogP contribution in [0, 0.1) is 0 Å². The monoisotopic (exact) mass is 499 g/mol. The van der Waals surface area contributed by atoms with E-state index in [0.29, 0.717) is 47.7 Å². The summed E-state index contributed by atoms with van der Waals surface area (Å²) < 4.78 is 0. The van der Waals surface area contributed by atoms with Gasteiger partial charge < -0.3 is 15.7 Å². The first-order valence-corrected chi connectivity index (χ1v) is 11.6. The summed E-state index contributed by atoms with van der Waals surface area (Å²) in [5.41, 5.74) is 1.89. The second-order valence-electron chi connectivity index (χ2n) is 7.46. The summed E-state index contributed by atoms with van der Waals surface area (Å²) in [6, 6.07) is 12.6. The van der Waals surface area contributed by atoms with E-state index in [9.17, 15) is 9.59 Å². The van der Waals surface area contributed by atoms with Crippen LogP contribution in [0.15, 0.2) is 42.5 Å². The van der Waals surface area contributed by atoms with E-state index in [2.05, 4.69) is 22.5 Å². The number of hydrogen-bond acceptors (Lipinski definition) is 3. The van der Waals surface area contributed by atoms with Gasteiger partial charge in [0.25, 0.3) is 0 Å². The largest absolute Gasteiger partial charge is 0.481 e. The quantitative estimate of drug-likeness (QED) is 0.323. The van der Waals surface area contributed by atoms with Crippen LogP contribution in [0.3, 0.4) is 0 Å². The molecule has 6 nitrogen and oxygen atoms in total. The molecule has 2 aromatic rings. The predicted molar refractivity (Wildman–Crippen MR) is 130 cm³/mol. The lowest BCUT2D eigenvalue weighted by Gasteiger charge is -2.29. The maximum atomic E-state index is 12.1. The van der Waals surface area contributed by atoms with Crippen molar-refractivity contribution in [3.8, 4) is 0 Å². The summed E-state index contributed by atoms with van der Waals surface area (Å²) in [5, 5.41) is 16.3. The first kappa shape index (κ1) is 26.3. The van der Waals surface area contributed by atoms with E-state index in [1.54, 1.807) is 18.2 Å². The van der Waals surface area contributed by atoms with E-state index in [4.69, 9.17) is 39.9 Å². The number of benzene rings is 2. The molecule has 1 unspecified atom stereocenters. The minimum absolute atomic E-state index is 0.0990. The first-order valence-electron chi connectivity index (χ1n) is 10.4. The van der Waals surface area contributed by atoms with Gasteiger partial charge in [0.15, 0.2) is 0 Å². The van der Waals surface area contributed by atoms with Crippen molar-refractivity contribution in [1.29, 1.82) is 0 Å². The zero-order valence-electron chi connectivity index (χ0n) is 17.9. The Morgan fingerprint density at radius 1 is 0.969 bits per heavy atom. The SMILES string of the molecule is CC(c1ccc(Cl)cc1)N(CCCNC(=O)NCc1ccc(Cl)cc1Cl)CCCC(=O)O. The highest BCUT2D eigenvalue weighted by Gasteiger charge is 2.16. The molecule has 3 N–H and O–H groups in total. The number of urea groups is 1. The highest BCUT2D eigenvalue weighted by atomic mass is 35.5. The van der Waals surface area contributed by atoms with Crippen LogP contribution in [0.5, 0.6) is 0 Å². The third-order valence-electron chi connectivity index (χ3n) is 5.10. The molecule has 0 fully saturated rings. The Bertz CT molecular complexity index is 894. The van der Waals surface area contributed by atoms with Gasteiger partial charge in [-0.05, 0) is 61.7 Å². The summed E-state index contributed by atoms with van der Waals surface area (Å²) in [5.74, 6) is -0.803. The molecule has 0 aliphatic carbocycles. The Morgan fingerprint density at radius 2 is 1.62 bits per heavy atom. The van der Waals surface area contributed by atoms with Gasteiger partial charge >= 0.3 is 12.0 Å². The van der Waals surface area contributed by atoms with Gasteiger partial charge in [-0.15, -0.1) is 0 Å². The van der Waals surface area contributed by atoms with Gasteiger partial charge in [-0.1, -0.05) is 53.0 Å². The molecule has 2 amide bonds. The van der Waals surface area contributed by atoms with Crippen LogP contribution in [0.4, 0.5) is 4.79 Å². The number of amides is 2. The number of carboxylic acids is 1. The Kier molecular flexibility index (Phi) is 11.1. The first-order chi connectivity index (χ1) is 15.3. The lowest BCUT2D eigenvalue weighted by Crippen LogP contribution is -2.37. The lowest BCUT2D eigenvalue weighted by atomic mass is 10.1. The molecule has 9 heteroatoms. The average molecular weight is 501 g/mol. The zero-order chi connectivity index (χ0) is 23.5. The van der Waals surface area contributed by atoms with Gasteiger partial charge in [0.1, 0.15) is 0 Å². The maximum absolute atomic E-state index is 12.1. The summed E-state index contributed by atoms with van der Waals surface area (Å²) in [7, 11) is 0. The number of carbonyl (C=O) groups excluding carboxylic acids is 1. The fraction of sp³-hybridized carbons (Fsp3) is 0.391. The third kappa shape index (κ3) is 9.25. The van der Waals surface area contributed by atoms with Crippen molar-refractivity contribution in [3.63, 3.8) is 0 Å². The highest BCUT2D eigenvalue weighted by Crippen LogP contribution is 2.23. The van der Waals surface area contributed by atoms with Crippen molar-refractivity contribution in [1.82, 2.24) is 15.5 Å². The summed E-state index contributed by atoms with van der Waals surface area (Å²) in [4.78, 5) is 25.2. The zero-order valence-corrected chi connectivity index (χ0v) is 20.2. The minimum atomic E-state index is -0.803. The molecular formula is C23H28Cl3N3O3. The number of rotatable bonds is 12. The molecule has 0 aromatic heterocycles. The van der Waals surface area contributed by atoms with E-state index in [0.717, 1.165) is 17.5 Å². The van der Waals surface area contributed by atoms with Gasteiger partial charge in [-0.2, -0.15) is 0 Å². The molecular weight excluding hydrogens is 473 g/mol. The van der Waals surface area contributed by atoms with Gasteiger partial charge in [-0.3, -0.25) is 9.69 Å². The molecule has 2 rings (SSSR count). The Labute approximate surface area is 203 Å². The van der Waals surface area contributed by atoms with Crippen LogP contribution in [0.2, 0.25) is 15.1 Å². The molecule has 0 spiro atoms. The summed E-state index contributed by atoms with van der Waals surface area (Å²) in [6.45, 7) is 4.24. The number of carbonyl (C=O) groups is 2. The van der Waals surface area contributed by atoms with E-state index in [-0.39, 0.29) is 18.5 Å². The fourth-order valence-corrected chi connectivity index (χ4v) is 3.87. The molecule has 174 valence electrons. The van der Waals surface area contributed by atoms with Gasteiger partial charge in [0, 0.05) is 47.2 Å². The number of hydrogen-bond donors (Lipinski definition) is 3. The normalized spacial score (nSPS) is 11.9. The lowest BCUT2D eigenvalue weighted by molar-refractivity contribution is -0.137. The van der Waals surface area contributed by atoms with E-state index >= 15 is 0 Å². The second-order valence-corrected chi connectivity index (χ2v) is 8.74. The molecule has 0 bridgehead atoms. The van der Waals surface area contributed by atoms with Crippen molar-refractivity contribution in [2.75, 3.05) is 19.6 Å². The molecule has 32 heavy (non-hydrogen) atoms. The number of halogens is 3. The molecule has 0 heterocycles. The number of carboxylic acid groups (broad SMARTS) is 1. The molecule has 0 saturated carbocycles. The summed E-state index contributed by atoms with van der Waals surface area (Å²) in [6.07, 6.45) is 1.40. The Hall–Kier alpha value is -1.99. The van der Waals surface area contributed by atoms with Crippen molar-refractivity contribution >= 4 is 46.8 Å². The van der Waals surface area contributed by atoms with Crippen LogP contribution in [0.1, 0.15) is 43.4 Å². The van der Waals surface area contributed by atoms with Crippen LogP contribution in [-0.4, -0.2) is 41.6 Å². The molecule has 0 radical (unpaired) electrons. The average Bonchev–Trinajstić information content (AvgIpc) is 2.74. The Morgan fingerprint density at radius 3 is 2.28 bits per heavy atom. The van der Waals surface area contributed by atoms with Crippen LogP contribution in [0.25, 0.3) is 0 Å². The van der Waals surface area contributed by atoms with Gasteiger partial charge in [-0.25, -0.2) is 4.79 Å². The highest BCUT2D eigenvalue weighted by molar-refractivity contribution is 6.35. The standard InChI is InChI=1S/C23H28Cl3N3O3/c1-16(17-5-8-19(24)9-6-17)29(12-2-4-22(30)31)13-3-11-27-23(32)28-15-18-7-10-20(25)14-21(18)26/h5-10,14,16H,2-4,11-13,15H2,1H3,(H,30,31)(H2,27,28,32). The van der Waals surface area contributed by atoms with Crippen molar-refractivity contribution in [2.45, 2.75) is 38.8 Å². The predicted octanol–water partition coefficient (Wildman–Crippen LogP) is 5.76. The minimum Gasteiger partial charge on any atom is -0.481 e. The molecule has 2 aromatic carbocycles. The van der Waals surface area contributed by atoms with Gasteiger partial charge in [0.2, 0.25) is 0 Å². The van der Waals surface area contributed by atoms with E-state index in [1.165, 1.54) is 0 Å². The van der Waals surface area contributed by atoms with Gasteiger partial charge in [0.05, 0.1) is 0 Å². The van der Waals surface area contributed by atoms with Crippen LogP contribution in [-0.2, 0) is 11.3 Å². The van der Waals surface area contributed by atoms with Crippen molar-refractivity contribution in [2.24, 2.45) is 0 Å². The molecule has 0 aliphatic rings. The van der Waals surface area contributed by atoms with Crippen molar-refractivity contribution in [3.05, 3.63) is 68.7 Å². The molecule has 0 aliphatic heterocycles. The molecule has 0 saturated heterocycles. The van der Waals surface area contributed by atoms with E-state index < -0.39 is 5.97 Å². The number of nitrogens with zero attached hydrogens (tertiary/aromatic N) is 1. The number of aliphatic carboxylic acids is 1. The van der Waals surface area contributed by atoms with Crippen LogP contribution < -0.4 is 10.6 Å². The smallest absolute Gasteiger partial charge is 0.315 e.